The summed E-state index contributed by atoms with van der Waals surface area (Å²) < 4.78 is 150. The van der Waals surface area contributed by atoms with Crippen LogP contribution < -0.4 is 66.3 Å². The SMILES string of the molecule is CC(C)C(Nc1ncc(C(F)(F)F)c(N)n1)C(C)(C)C.CC(C)[C@H](Nc1cc(N)nc(Cl)n1)C(C)(C)C.CC(Nc1ncc(C(F)(F)F)c(N)n1)C(C)(C)C.CC[C@@H](Nc1ncc(C(F)(F)F)c(N)n1)C(C)(C)C.CC[C@H](Nc1cc(N)nc(Cl)n1)C(C)(C)C.C[C@@H](Nc1ncc(C(F)(F)F)c(N)n1)C(C)(C)C. The van der Waals surface area contributed by atoms with E-state index >= 15 is 0 Å². The van der Waals surface area contributed by atoms with Crippen LogP contribution in [-0.4, -0.2) is 96.1 Å². The van der Waals surface area contributed by atoms with Gasteiger partial charge in [0.15, 0.2) is 0 Å². The number of hydrogen-bond acceptors (Lipinski definition) is 24. The predicted molar refractivity (Wildman–Crippen MR) is 411 cm³/mol. The first kappa shape index (κ1) is 97.8. The fraction of sp³-hybridized carbons (Fsp3) is 0.657. The molecule has 6 rings (SSSR count). The fourth-order valence-electron chi connectivity index (χ4n) is 9.83. The molecule has 6 heterocycles. The van der Waals surface area contributed by atoms with E-state index in [0.29, 0.717) is 60.0 Å². The van der Waals surface area contributed by atoms with Crippen molar-refractivity contribution in [3.05, 3.63) is 69.7 Å². The van der Waals surface area contributed by atoms with Crippen LogP contribution in [0.1, 0.15) is 215 Å². The number of anilines is 12. The highest BCUT2D eigenvalue weighted by atomic mass is 35.5. The van der Waals surface area contributed by atoms with E-state index in [2.05, 4.69) is 154 Å². The average Bonchev–Trinajstić information content (AvgIpc) is 0.838. The van der Waals surface area contributed by atoms with Crippen LogP contribution in [0, 0.1) is 44.3 Å². The molecular formula is C70H114Cl2F12N24. The fourth-order valence-corrected chi connectivity index (χ4v) is 10.2. The van der Waals surface area contributed by atoms with E-state index in [1.165, 1.54) is 0 Å². The zero-order valence-electron chi connectivity index (χ0n) is 66.6. The summed E-state index contributed by atoms with van der Waals surface area (Å²) in [6.07, 6.45) is -13.5. The molecule has 6 aromatic heterocycles. The van der Waals surface area contributed by atoms with Crippen LogP contribution in [0.4, 0.5) is 123 Å². The van der Waals surface area contributed by atoms with Crippen LogP contribution in [0.25, 0.3) is 0 Å². The van der Waals surface area contributed by atoms with Gasteiger partial charge in [-0.05, 0) is 94.2 Å². The lowest BCUT2D eigenvalue weighted by atomic mass is 9.80. The van der Waals surface area contributed by atoms with Crippen molar-refractivity contribution < 1.29 is 52.7 Å². The van der Waals surface area contributed by atoms with E-state index in [4.69, 9.17) is 57.6 Å². The number of alkyl halides is 12. The number of halogens is 14. The van der Waals surface area contributed by atoms with Crippen molar-refractivity contribution in [2.45, 2.75) is 254 Å². The van der Waals surface area contributed by atoms with Gasteiger partial charge in [-0.3, -0.25) is 0 Å². The third-order valence-corrected chi connectivity index (χ3v) is 16.9. The van der Waals surface area contributed by atoms with Crippen LogP contribution in [0.5, 0.6) is 0 Å². The van der Waals surface area contributed by atoms with Crippen LogP contribution in [-0.2, 0) is 24.7 Å². The Morgan fingerprint density at radius 3 is 0.778 bits per heavy atom. The number of hydrogen-bond donors (Lipinski definition) is 12. The van der Waals surface area contributed by atoms with Gasteiger partial charge in [-0.2, -0.15) is 72.6 Å². The molecule has 0 aliphatic carbocycles. The molecule has 612 valence electrons. The van der Waals surface area contributed by atoms with Crippen molar-refractivity contribution >= 4 is 93.5 Å². The summed E-state index contributed by atoms with van der Waals surface area (Å²) in [5.41, 5.74) is 28.4. The van der Waals surface area contributed by atoms with Crippen molar-refractivity contribution in [3.63, 3.8) is 0 Å². The van der Waals surface area contributed by atoms with Crippen LogP contribution >= 0.6 is 23.2 Å². The minimum absolute atomic E-state index is 0.00589. The maximum absolute atomic E-state index is 12.6. The van der Waals surface area contributed by atoms with Gasteiger partial charge in [0, 0.05) is 73.2 Å². The van der Waals surface area contributed by atoms with Gasteiger partial charge in [0.2, 0.25) is 34.4 Å². The molecule has 0 aliphatic heterocycles. The lowest BCUT2D eigenvalue weighted by Crippen LogP contribution is -2.39. The molecule has 0 saturated heterocycles. The third kappa shape index (κ3) is 34.2. The van der Waals surface area contributed by atoms with Crippen molar-refractivity contribution in [3.8, 4) is 0 Å². The second-order valence-electron chi connectivity index (χ2n) is 32.7. The monoisotopic (exact) mass is 1590 g/mol. The molecule has 0 amide bonds. The Kier molecular flexibility index (Phi) is 35.3. The summed E-state index contributed by atoms with van der Waals surface area (Å²) in [7, 11) is 0. The van der Waals surface area contributed by atoms with E-state index in [1.54, 1.807) is 12.1 Å². The zero-order chi connectivity index (χ0) is 84.4. The van der Waals surface area contributed by atoms with Crippen molar-refractivity contribution in [2.75, 3.05) is 66.3 Å². The number of rotatable bonds is 16. The molecule has 0 radical (unpaired) electrons. The molecule has 0 spiro atoms. The van der Waals surface area contributed by atoms with E-state index in [0.717, 1.165) is 12.8 Å². The van der Waals surface area contributed by atoms with Crippen LogP contribution in [0.15, 0.2) is 36.9 Å². The van der Waals surface area contributed by atoms with Crippen LogP contribution in [0.3, 0.4) is 0 Å². The Balaban J connectivity index is 0.000000649. The summed E-state index contributed by atoms with van der Waals surface area (Å²) >= 11 is 11.5. The molecule has 0 saturated carbocycles. The molecule has 0 fully saturated rings. The molecule has 24 nitrogen and oxygen atoms in total. The first-order chi connectivity index (χ1) is 48.5. The van der Waals surface area contributed by atoms with Gasteiger partial charge in [-0.15, -0.1) is 0 Å². The Labute approximate surface area is 637 Å². The number of aromatic nitrogens is 12. The molecule has 18 N–H and O–H groups in total. The molecule has 108 heavy (non-hydrogen) atoms. The molecule has 0 aromatic carbocycles. The van der Waals surface area contributed by atoms with Gasteiger partial charge >= 0.3 is 24.7 Å². The van der Waals surface area contributed by atoms with Gasteiger partial charge < -0.3 is 66.3 Å². The standard InChI is InChI=1S/C13H21F3N4.C12H21ClN4.C12H19F3N4.C11H19ClN4.2C11H17F3N4/c1-7(2)9(12(3,4)5)19-11-18-6-8(10(17)20-11)13(14,15)16;1-7(2)10(12(3,4)5)16-9-6-8(14)15-11(13)17-9;1-5-8(11(2,3)4)18-10-17-6-7(9(16)19-10)12(13,14)15;1-5-7(11(2,3)4)14-9-6-8(13)15-10(12)16-9;2*1-6(10(2,3)4)17-9-16-5-7(8(15)18-9)11(12,13)14/h6-7,9H,1-5H3,(H3,17,18,19,20);6-7,10H,1-5H3,(H3,14,15,16,17);6,8H,5H2,1-4H3,(H3,16,17,18,19);6-7H,5H2,1-4H3,(H3,13,14,15,16);2*5-6H,1-4H3,(H3,15,16,17,18)/t;10-;8-;7-;6-;/m.0101./s1. The predicted octanol–water partition coefficient (Wildman–Crippen LogP) is 18.9. The quantitative estimate of drug-likeness (QED) is 0.0316. The van der Waals surface area contributed by atoms with Gasteiger partial charge in [-0.25, -0.2) is 39.9 Å². The maximum Gasteiger partial charge on any atom is 0.421 e. The van der Waals surface area contributed by atoms with E-state index in [9.17, 15) is 52.7 Å². The Bertz CT molecular complexity index is 3620. The molecule has 6 atom stereocenters. The van der Waals surface area contributed by atoms with Gasteiger partial charge in [-0.1, -0.05) is 166 Å². The van der Waals surface area contributed by atoms with E-state index < -0.39 is 70.2 Å². The normalized spacial score (nSPS) is 14.2. The molecule has 0 bridgehead atoms. The van der Waals surface area contributed by atoms with Gasteiger partial charge in [0.05, 0.1) is 0 Å². The second-order valence-corrected chi connectivity index (χ2v) is 33.4. The second kappa shape index (κ2) is 38.9. The number of nitrogens with zero attached hydrogens (tertiary/aromatic N) is 12. The lowest BCUT2D eigenvalue weighted by Gasteiger charge is -2.35. The van der Waals surface area contributed by atoms with Crippen molar-refractivity contribution in [2.24, 2.45) is 44.3 Å². The Morgan fingerprint density at radius 1 is 0.324 bits per heavy atom. The molecule has 38 heteroatoms. The topological polar surface area (TPSA) is 383 Å². The van der Waals surface area contributed by atoms with Gasteiger partial charge in [0.1, 0.15) is 68.8 Å². The zero-order valence-corrected chi connectivity index (χ0v) is 68.1. The minimum atomic E-state index is -4.54. The first-order valence-corrected chi connectivity index (χ1v) is 35.3. The average molecular weight is 1590 g/mol. The summed E-state index contributed by atoms with van der Waals surface area (Å²) in [6.45, 7) is 53.6. The largest absolute Gasteiger partial charge is 0.421 e. The third-order valence-electron chi connectivity index (χ3n) is 16.5. The molecule has 2 unspecified atom stereocenters. The summed E-state index contributed by atoms with van der Waals surface area (Å²) in [6, 6.07) is 4.04. The number of nitrogen functional groups attached to an aromatic ring is 6. The van der Waals surface area contributed by atoms with E-state index in [-0.39, 0.29) is 103 Å². The van der Waals surface area contributed by atoms with E-state index in [1.807, 2.05) is 118 Å². The Morgan fingerprint density at radius 2 is 0.565 bits per heavy atom. The van der Waals surface area contributed by atoms with Gasteiger partial charge in [0.25, 0.3) is 0 Å². The highest BCUT2D eigenvalue weighted by Gasteiger charge is 2.39. The van der Waals surface area contributed by atoms with Crippen LogP contribution in [0.2, 0.25) is 10.6 Å². The number of nitrogens with two attached hydrogens (primary N) is 6. The Hall–Kier alpha value is -8.18. The first-order valence-electron chi connectivity index (χ1n) is 34.5. The minimum Gasteiger partial charge on any atom is -0.383 e. The molecule has 6 aromatic rings. The summed E-state index contributed by atoms with van der Waals surface area (Å²) in [5, 5.41) is 19.0. The smallest absolute Gasteiger partial charge is 0.383 e. The number of nitrogens with one attached hydrogen (secondary N) is 6. The highest BCUT2D eigenvalue weighted by Crippen LogP contribution is 2.38. The van der Waals surface area contributed by atoms with Crippen molar-refractivity contribution in [1.29, 1.82) is 0 Å². The molecule has 0 aliphatic rings. The van der Waals surface area contributed by atoms with Crippen molar-refractivity contribution in [1.82, 2.24) is 59.8 Å². The summed E-state index contributed by atoms with van der Waals surface area (Å²) in [5.74, 6) is 1.03. The maximum atomic E-state index is 12.6. The molecular weight excluding hydrogens is 1480 g/mol. The highest BCUT2D eigenvalue weighted by molar-refractivity contribution is 6.28. The lowest BCUT2D eigenvalue weighted by molar-refractivity contribution is -0.138. The summed E-state index contributed by atoms with van der Waals surface area (Å²) in [4.78, 5) is 45.2.